The third-order valence-electron chi connectivity index (χ3n) is 3.87. The predicted molar refractivity (Wildman–Crippen MR) is 119 cm³/mol. The Morgan fingerprint density at radius 2 is 1.90 bits per heavy atom. The predicted octanol–water partition coefficient (Wildman–Crippen LogP) is 4.86. The molecule has 0 unspecified atom stereocenters. The van der Waals surface area contributed by atoms with Gasteiger partial charge in [-0.1, -0.05) is 41.9 Å². The van der Waals surface area contributed by atoms with Crippen molar-refractivity contribution in [2.75, 3.05) is 24.7 Å². The van der Waals surface area contributed by atoms with E-state index in [0.717, 1.165) is 11.3 Å². The Bertz CT molecular complexity index is 1020. The van der Waals surface area contributed by atoms with Crippen LogP contribution in [0.1, 0.15) is 21.6 Å². The molecule has 0 spiro atoms. The molecule has 3 rings (SSSR count). The van der Waals surface area contributed by atoms with Crippen LogP contribution in [0.5, 0.6) is 0 Å². The van der Waals surface area contributed by atoms with Crippen molar-refractivity contribution in [2.45, 2.75) is 13.2 Å². The second-order valence-corrected chi connectivity index (χ2v) is 8.05. The monoisotopic (exact) mass is 444 g/mol. The van der Waals surface area contributed by atoms with Gasteiger partial charge in [-0.15, -0.1) is 11.3 Å². The van der Waals surface area contributed by atoms with Gasteiger partial charge >= 0.3 is 6.09 Å². The van der Waals surface area contributed by atoms with Crippen LogP contribution in [-0.4, -0.2) is 36.0 Å². The average molecular weight is 445 g/mol. The number of rotatable bonds is 7. The third kappa shape index (κ3) is 6.55. The molecule has 0 fully saturated rings. The summed E-state index contributed by atoms with van der Waals surface area (Å²) in [6, 6.07) is 13.9. The highest BCUT2D eigenvalue weighted by atomic mass is 35.5. The van der Waals surface area contributed by atoms with E-state index in [-0.39, 0.29) is 12.5 Å². The van der Waals surface area contributed by atoms with Crippen molar-refractivity contribution in [1.82, 2.24) is 9.88 Å². The Morgan fingerprint density at radius 1 is 1.13 bits per heavy atom. The van der Waals surface area contributed by atoms with Crippen LogP contribution in [0.4, 0.5) is 15.6 Å². The molecular formula is C21H21ClN4O3S. The summed E-state index contributed by atoms with van der Waals surface area (Å²) in [5.74, 6) is -0.371. The van der Waals surface area contributed by atoms with Crippen LogP contribution in [0, 0.1) is 0 Å². The second-order valence-electron chi connectivity index (χ2n) is 6.75. The van der Waals surface area contributed by atoms with Gasteiger partial charge in [0, 0.05) is 28.2 Å². The van der Waals surface area contributed by atoms with E-state index in [1.54, 1.807) is 6.07 Å². The lowest BCUT2D eigenvalue weighted by molar-refractivity contribution is 0.102. The first-order chi connectivity index (χ1) is 14.4. The minimum absolute atomic E-state index is 0.139. The summed E-state index contributed by atoms with van der Waals surface area (Å²) < 4.78 is 5.20. The molecule has 0 radical (unpaired) electrons. The highest BCUT2D eigenvalue weighted by molar-refractivity contribution is 7.14. The summed E-state index contributed by atoms with van der Waals surface area (Å²) in [7, 11) is 3.89. The van der Waals surface area contributed by atoms with Crippen LogP contribution in [0.3, 0.4) is 0 Å². The number of carbonyl (C=O) groups excluding carboxylic acids is 2. The van der Waals surface area contributed by atoms with Gasteiger partial charge in [-0.2, -0.15) is 0 Å². The number of nitrogens with one attached hydrogen (secondary N) is 2. The maximum atomic E-state index is 12.6. The minimum Gasteiger partial charge on any atom is -0.444 e. The topological polar surface area (TPSA) is 83.6 Å². The molecule has 0 bridgehead atoms. The molecule has 1 aromatic heterocycles. The zero-order valence-electron chi connectivity index (χ0n) is 16.5. The second kappa shape index (κ2) is 10.2. The zero-order chi connectivity index (χ0) is 21.5. The zero-order valence-corrected chi connectivity index (χ0v) is 18.1. The van der Waals surface area contributed by atoms with Gasteiger partial charge in [-0.05, 0) is 37.9 Å². The van der Waals surface area contributed by atoms with Crippen LogP contribution in [0.15, 0.2) is 53.9 Å². The lowest BCUT2D eigenvalue weighted by Gasteiger charge is -2.09. The van der Waals surface area contributed by atoms with E-state index in [4.69, 9.17) is 16.3 Å². The molecule has 0 atom stereocenters. The van der Waals surface area contributed by atoms with E-state index in [9.17, 15) is 9.59 Å². The molecule has 2 aromatic carbocycles. The molecule has 3 aromatic rings. The summed E-state index contributed by atoms with van der Waals surface area (Å²) in [5, 5.41) is 8.05. The first-order valence-electron chi connectivity index (χ1n) is 9.08. The van der Waals surface area contributed by atoms with E-state index in [1.807, 2.05) is 54.7 Å². The largest absolute Gasteiger partial charge is 0.444 e. The Kier molecular flexibility index (Phi) is 7.40. The van der Waals surface area contributed by atoms with Crippen molar-refractivity contribution in [1.29, 1.82) is 0 Å². The summed E-state index contributed by atoms with van der Waals surface area (Å²) in [6.45, 7) is 0.822. The maximum absolute atomic E-state index is 12.6. The lowest BCUT2D eigenvalue weighted by Crippen LogP contribution is -2.16. The number of halogens is 1. The van der Waals surface area contributed by atoms with Gasteiger partial charge in [0.25, 0.3) is 5.91 Å². The number of amides is 2. The molecule has 0 saturated carbocycles. The van der Waals surface area contributed by atoms with Crippen molar-refractivity contribution < 1.29 is 14.3 Å². The Hall–Kier alpha value is -2.94. The molecule has 2 amide bonds. The normalized spacial score (nSPS) is 10.7. The van der Waals surface area contributed by atoms with E-state index in [0.29, 0.717) is 27.9 Å². The van der Waals surface area contributed by atoms with Gasteiger partial charge in [-0.3, -0.25) is 15.4 Å². The summed E-state index contributed by atoms with van der Waals surface area (Å²) in [6.07, 6.45) is -0.638. The van der Waals surface area contributed by atoms with E-state index in [1.165, 1.54) is 23.5 Å². The van der Waals surface area contributed by atoms with Crippen LogP contribution >= 0.6 is 22.9 Å². The van der Waals surface area contributed by atoms with Gasteiger partial charge in [0.1, 0.15) is 6.61 Å². The smallest absolute Gasteiger partial charge is 0.411 e. The van der Waals surface area contributed by atoms with Gasteiger partial charge < -0.3 is 9.64 Å². The van der Waals surface area contributed by atoms with E-state index < -0.39 is 6.09 Å². The highest BCUT2D eigenvalue weighted by Crippen LogP contribution is 2.22. The molecule has 156 valence electrons. The SMILES string of the molecule is CN(C)Cc1csc(NC(=O)c2cc(Cl)cc(NC(=O)OCc3ccccc3)c2)n1. The van der Waals surface area contributed by atoms with Crippen molar-refractivity contribution in [3.8, 4) is 0 Å². The lowest BCUT2D eigenvalue weighted by atomic mass is 10.2. The minimum atomic E-state index is -0.638. The first-order valence-corrected chi connectivity index (χ1v) is 10.3. The summed E-state index contributed by atoms with van der Waals surface area (Å²) >= 11 is 7.47. The highest BCUT2D eigenvalue weighted by Gasteiger charge is 2.13. The molecule has 9 heteroatoms. The molecule has 7 nitrogen and oxygen atoms in total. The van der Waals surface area contributed by atoms with Crippen LogP contribution in [0.25, 0.3) is 0 Å². The Morgan fingerprint density at radius 3 is 2.63 bits per heavy atom. The van der Waals surface area contributed by atoms with Crippen molar-refractivity contribution in [3.05, 3.63) is 75.8 Å². The molecular weight excluding hydrogens is 424 g/mol. The van der Waals surface area contributed by atoms with Crippen molar-refractivity contribution in [2.24, 2.45) is 0 Å². The van der Waals surface area contributed by atoms with Crippen LogP contribution in [-0.2, 0) is 17.9 Å². The molecule has 2 N–H and O–H groups in total. The number of hydrogen-bond acceptors (Lipinski definition) is 6. The Labute approximate surface area is 183 Å². The van der Waals surface area contributed by atoms with Crippen molar-refractivity contribution in [3.63, 3.8) is 0 Å². The van der Waals surface area contributed by atoms with Gasteiger partial charge in [0.2, 0.25) is 0 Å². The number of ether oxygens (including phenoxy) is 1. The number of thiazole rings is 1. The van der Waals surface area contributed by atoms with E-state index in [2.05, 4.69) is 15.6 Å². The van der Waals surface area contributed by atoms with Gasteiger partial charge in [0.05, 0.1) is 5.69 Å². The number of benzene rings is 2. The number of hydrogen-bond donors (Lipinski definition) is 2. The molecule has 0 aliphatic carbocycles. The fraction of sp³-hybridized carbons (Fsp3) is 0.190. The quantitative estimate of drug-likeness (QED) is 0.543. The number of aromatic nitrogens is 1. The standard InChI is InChI=1S/C21H21ClN4O3S/c1-26(2)11-18-13-30-20(23-18)25-19(27)15-8-16(22)10-17(9-15)24-21(28)29-12-14-6-4-3-5-7-14/h3-10,13H,11-12H2,1-2H3,(H,24,28)(H,23,25,27). The molecule has 1 heterocycles. The molecule has 0 aliphatic rings. The first kappa shape index (κ1) is 21.8. The van der Waals surface area contributed by atoms with Crippen molar-refractivity contribution >= 4 is 45.8 Å². The third-order valence-corrected chi connectivity index (χ3v) is 4.89. The molecule has 30 heavy (non-hydrogen) atoms. The number of nitrogens with zero attached hydrogens (tertiary/aromatic N) is 2. The molecule has 0 saturated heterocycles. The van der Waals surface area contributed by atoms with E-state index >= 15 is 0 Å². The van der Waals surface area contributed by atoms with Crippen LogP contribution < -0.4 is 10.6 Å². The summed E-state index contributed by atoms with van der Waals surface area (Å²) in [5.41, 5.74) is 2.40. The van der Waals surface area contributed by atoms with Gasteiger partial charge in [0.15, 0.2) is 5.13 Å². The van der Waals surface area contributed by atoms with Crippen LogP contribution in [0.2, 0.25) is 5.02 Å². The number of carbonyl (C=O) groups is 2. The van der Waals surface area contributed by atoms with Gasteiger partial charge in [-0.25, -0.2) is 9.78 Å². The Balaban J connectivity index is 1.61. The average Bonchev–Trinajstić information content (AvgIpc) is 3.12. The maximum Gasteiger partial charge on any atom is 0.411 e. The number of anilines is 2. The summed E-state index contributed by atoms with van der Waals surface area (Å²) in [4.78, 5) is 31.0. The fourth-order valence-electron chi connectivity index (χ4n) is 2.60. The molecule has 0 aliphatic heterocycles. The fourth-order valence-corrected chi connectivity index (χ4v) is 3.53.